The molecule has 0 aromatic heterocycles. The first-order valence-electron chi connectivity index (χ1n) is 11.6. The highest BCUT2D eigenvalue weighted by atomic mass is 32.2. The van der Waals surface area contributed by atoms with Gasteiger partial charge in [-0.1, -0.05) is 30.0 Å². The van der Waals surface area contributed by atoms with Gasteiger partial charge in [0.1, 0.15) is 0 Å². The first-order valence-corrected chi connectivity index (χ1v) is 12.5. The molecule has 3 aromatic rings. The number of carbonyl (C=O) groups excluding carboxylic acids is 2. The number of methoxy groups -OCH3 is 2. The average molecular weight is 489 g/mol. The highest BCUT2D eigenvalue weighted by molar-refractivity contribution is 7.99. The lowest BCUT2D eigenvalue weighted by Gasteiger charge is -2.38. The van der Waals surface area contributed by atoms with Crippen molar-refractivity contribution in [2.24, 2.45) is 0 Å². The molecule has 2 heterocycles. The van der Waals surface area contributed by atoms with Crippen molar-refractivity contribution in [1.82, 2.24) is 4.90 Å². The van der Waals surface area contributed by atoms with Gasteiger partial charge in [0, 0.05) is 27.9 Å². The summed E-state index contributed by atoms with van der Waals surface area (Å²) >= 11 is 1.62. The highest BCUT2D eigenvalue weighted by Crippen LogP contribution is 2.48. The van der Waals surface area contributed by atoms with Gasteiger partial charge < -0.3 is 9.47 Å². The number of para-hydroxylation sites is 1. The van der Waals surface area contributed by atoms with E-state index in [4.69, 9.17) is 9.47 Å². The fraction of sp³-hybridized carbons (Fsp3) is 0.286. The average Bonchev–Trinajstić information content (AvgIpc) is 2.87. The molecule has 1 amide bonds. The predicted octanol–water partition coefficient (Wildman–Crippen LogP) is 5.66. The molecule has 0 fully saturated rings. The van der Waals surface area contributed by atoms with Crippen LogP contribution in [0.5, 0.6) is 11.5 Å². The first-order chi connectivity index (χ1) is 16.9. The van der Waals surface area contributed by atoms with Crippen molar-refractivity contribution in [3.05, 3.63) is 71.3 Å². The topological polar surface area (TPSA) is 59.1 Å². The lowest BCUT2D eigenvalue weighted by molar-refractivity contribution is -0.119. The summed E-state index contributed by atoms with van der Waals surface area (Å²) in [5, 5.41) is 0. The molecule has 180 valence electrons. The van der Waals surface area contributed by atoms with Crippen LogP contribution in [-0.4, -0.2) is 43.9 Å². The standard InChI is InChI=1S/C28H28N2O4S/c1-17-21-15-25(34-4)24(33-3)14-20(21)11-12-29(17)16-28(32)30-22-7-5-6-8-26(22)35-27-10-9-19(18(2)31)13-23(27)30/h5-10,13-15,17H,11-12,16H2,1-4H3. The minimum Gasteiger partial charge on any atom is -0.493 e. The molecule has 0 N–H and O–H groups in total. The number of anilines is 2. The molecule has 7 heteroatoms. The maximum absolute atomic E-state index is 13.9. The van der Waals surface area contributed by atoms with E-state index in [0.717, 1.165) is 45.4 Å². The van der Waals surface area contributed by atoms with Crippen molar-refractivity contribution in [1.29, 1.82) is 0 Å². The Balaban J connectivity index is 1.48. The molecule has 0 saturated carbocycles. The smallest absolute Gasteiger partial charge is 0.245 e. The maximum atomic E-state index is 13.9. The SMILES string of the molecule is COc1cc2c(cc1OC)C(C)N(CC(=O)N1c3ccccc3Sc3ccc(C(C)=O)cc31)CC2. The maximum Gasteiger partial charge on any atom is 0.245 e. The molecule has 2 aliphatic rings. The molecule has 0 aliphatic carbocycles. The van der Waals surface area contributed by atoms with E-state index < -0.39 is 0 Å². The monoisotopic (exact) mass is 488 g/mol. The fourth-order valence-electron chi connectivity index (χ4n) is 4.90. The number of nitrogens with zero attached hydrogens (tertiary/aromatic N) is 2. The molecule has 0 spiro atoms. The van der Waals surface area contributed by atoms with Crippen molar-refractivity contribution >= 4 is 34.8 Å². The van der Waals surface area contributed by atoms with Gasteiger partial charge in [-0.05, 0) is 67.8 Å². The zero-order chi connectivity index (χ0) is 24.7. The first kappa shape index (κ1) is 23.5. The predicted molar refractivity (Wildman–Crippen MR) is 137 cm³/mol. The third-order valence-electron chi connectivity index (χ3n) is 6.83. The number of hydrogen-bond donors (Lipinski definition) is 0. The Labute approximate surface area is 209 Å². The summed E-state index contributed by atoms with van der Waals surface area (Å²) in [6.07, 6.45) is 0.824. The van der Waals surface area contributed by atoms with Gasteiger partial charge in [-0.25, -0.2) is 0 Å². The molecule has 6 nitrogen and oxygen atoms in total. The van der Waals surface area contributed by atoms with E-state index in [1.807, 2.05) is 54.6 Å². The molecule has 1 atom stereocenters. The molecular formula is C28H28N2O4S. The summed E-state index contributed by atoms with van der Waals surface area (Å²) in [5.74, 6) is 1.38. The van der Waals surface area contributed by atoms with Crippen LogP contribution in [0.1, 0.15) is 41.4 Å². The van der Waals surface area contributed by atoms with Crippen LogP contribution < -0.4 is 14.4 Å². The van der Waals surface area contributed by atoms with Gasteiger partial charge in [0.25, 0.3) is 0 Å². The van der Waals surface area contributed by atoms with Crippen LogP contribution in [0.15, 0.2) is 64.4 Å². The van der Waals surface area contributed by atoms with Gasteiger partial charge in [-0.3, -0.25) is 19.4 Å². The Hall–Kier alpha value is -3.29. The Morgan fingerprint density at radius 2 is 1.69 bits per heavy atom. The van der Waals surface area contributed by atoms with Crippen molar-refractivity contribution in [3.8, 4) is 11.5 Å². The zero-order valence-corrected chi connectivity index (χ0v) is 21.1. The number of benzene rings is 3. The van der Waals surface area contributed by atoms with E-state index in [9.17, 15) is 9.59 Å². The summed E-state index contributed by atoms with van der Waals surface area (Å²) in [7, 11) is 3.28. The molecule has 3 aromatic carbocycles. The largest absolute Gasteiger partial charge is 0.493 e. The quantitative estimate of drug-likeness (QED) is 0.432. The minimum absolute atomic E-state index is 0.0181. The number of carbonyl (C=O) groups is 2. The second-order valence-corrected chi connectivity index (χ2v) is 9.92. The van der Waals surface area contributed by atoms with Gasteiger partial charge in [0.2, 0.25) is 5.91 Å². The van der Waals surface area contributed by atoms with E-state index in [2.05, 4.69) is 11.8 Å². The molecular weight excluding hydrogens is 460 g/mol. The molecule has 1 unspecified atom stereocenters. The number of ether oxygens (including phenoxy) is 2. The summed E-state index contributed by atoms with van der Waals surface area (Å²) < 4.78 is 11.0. The third-order valence-corrected chi connectivity index (χ3v) is 7.96. The van der Waals surface area contributed by atoms with Crippen molar-refractivity contribution in [2.45, 2.75) is 36.1 Å². The van der Waals surface area contributed by atoms with Crippen LogP contribution in [0.3, 0.4) is 0 Å². The van der Waals surface area contributed by atoms with Crippen molar-refractivity contribution in [2.75, 3.05) is 32.2 Å². The third kappa shape index (κ3) is 4.19. The molecule has 35 heavy (non-hydrogen) atoms. The van der Waals surface area contributed by atoms with Gasteiger partial charge in [0.15, 0.2) is 17.3 Å². The van der Waals surface area contributed by atoms with Crippen molar-refractivity contribution < 1.29 is 19.1 Å². The highest BCUT2D eigenvalue weighted by Gasteiger charge is 2.33. The van der Waals surface area contributed by atoms with E-state index in [1.54, 1.807) is 37.8 Å². The van der Waals surface area contributed by atoms with Crippen LogP contribution in [0.2, 0.25) is 0 Å². The number of Topliss-reactive ketones (excluding diaryl/α,β-unsaturated/α-hetero) is 1. The molecule has 0 saturated heterocycles. The number of fused-ring (bicyclic) bond motifs is 3. The number of ketones is 1. The molecule has 0 bridgehead atoms. The minimum atomic E-state index is -0.0188. The van der Waals surface area contributed by atoms with Crippen LogP contribution in [0.25, 0.3) is 0 Å². The van der Waals surface area contributed by atoms with Crippen LogP contribution in [0, 0.1) is 0 Å². The number of rotatable bonds is 5. The van der Waals surface area contributed by atoms with E-state index in [1.165, 1.54) is 5.56 Å². The van der Waals surface area contributed by atoms with Gasteiger partial charge in [-0.15, -0.1) is 0 Å². The molecule has 2 aliphatic heterocycles. The van der Waals surface area contributed by atoms with Gasteiger partial charge in [0.05, 0.1) is 32.1 Å². The number of hydrogen-bond acceptors (Lipinski definition) is 6. The fourth-order valence-corrected chi connectivity index (χ4v) is 5.94. The Bertz CT molecular complexity index is 1320. The second kappa shape index (κ2) is 9.40. The Morgan fingerprint density at radius 1 is 0.971 bits per heavy atom. The number of amides is 1. The summed E-state index contributed by atoms with van der Waals surface area (Å²) in [4.78, 5) is 32.0. The van der Waals surface area contributed by atoms with Crippen LogP contribution in [-0.2, 0) is 11.2 Å². The normalized spacial score (nSPS) is 16.7. The summed E-state index contributed by atoms with van der Waals surface area (Å²) in [6, 6.07) is 17.6. The Kier molecular flexibility index (Phi) is 6.30. The summed E-state index contributed by atoms with van der Waals surface area (Å²) in [5.41, 5.74) is 4.59. The lowest BCUT2D eigenvalue weighted by Crippen LogP contribution is -2.43. The van der Waals surface area contributed by atoms with Crippen LogP contribution in [0.4, 0.5) is 11.4 Å². The molecule has 5 rings (SSSR count). The van der Waals surface area contributed by atoms with Gasteiger partial charge >= 0.3 is 0 Å². The second-order valence-electron chi connectivity index (χ2n) is 8.84. The van der Waals surface area contributed by atoms with Crippen molar-refractivity contribution in [3.63, 3.8) is 0 Å². The van der Waals surface area contributed by atoms with E-state index in [0.29, 0.717) is 11.3 Å². The van der Waals surface area contributed by atoms with E-state index >= 15 is 0 Å². The van der Waals surface area contributed by atoms with E-state index in [-0.39, 0.29) is 24.3 Å². The Morgan fingerprint density at radius 3 is 2.43 bits per heavy atom. The lowest BCUT2D eigenvalue weighted by atomic mass is 9.92. The summed E-state index contributed by atoms with van der Waals surface area (Å²) in [6.45, 7) is 4.70. The zero-order valence-electron chi connectivity index (χ0n) is 20.3. The molecule has 0 radical (unpaired) electrons. The van der Waals surface area contributed by atoms with Gasteiger partial charge in [-0.2, -0.15) is 0 Å². The van der Waals surface area contributed by atoms with Crippen LogP contribution >= 0.6 is 11.8 Å².